The normalized spacial score (nSPS) is 11.7. The lowest BCUT2D eigenvalue weighted by Crippen LogP contribution is -2.09. The molecule has 23 heavy (non-hydrogen) atoms. The fourth-order valence-electron chi connectivity index (χ4n) is 1.92. The molecule has 0 aliphatic carbocycles. The molecule has 0 radical (unpaired) electrons. The number of nitrogens with zero attached hydrogens (tertiary/aromatic N) is 1. The van der Waals surface area contributed by atoms with Crippen molar-refractivity contribution in [2.24, 2.45) is 0 Å². The number of carbonyl (C=O) groups is 2. The van der Waals surface area contributed by atoms with E-state index in [-0.39, 0.29) is 11.9 Å². The molecule has 2 aromatic rings. The summed E-state index contributed by atoms with van der Waals surface area (Å²) >= 11 is 1.41. The minimum absolute atomic E-state index is 0.103. The van der Waals surface area contributed by atoms with Crippen LogP contribution >= 0.6 is 11.3 Å². The Morgan fingerprint density at radius 1 is 1.17 bits per heavy atom. The molecule has 6 heteroatoms. The van der Waals surface area contributed by atoms with Crippen LogP contribution in [0, 0.1) is 0 Å². The average molecular weight is 333 g/mol. The molecule has 0 amide bonds. The molecule has 5 nitrogen and oxygen atoms in total. The van der Waals surface area contributed by atoms with Crippen molar-refractivity contribution in [3.8, 4) is 0 Å². The van der Waals surface area contributed by atoms with Gasteiger partial charge in [-0.15, -0.1) is 11.3 Å². The van der Waals surface area contributed by atoms with Gasteiger partial charge < -0.3 is 9.47 Å². The Morgan fingerprint density at radius 3 is 2.61 bits per heavy atom. The molecule has 1 aromatic carbocycles. The molecule has 0 spiro atoms. The predicted octanol–water partition coefficient (Wildman–Crippen LogP) is 3.67. The summed E-state index contributed by atoms with van der Waals surface area (Å²) in [6, 6.07) is 8.89. The smallest absolute Gasteiger partial charge is 0.357 e. The molecule has 0 aliphatic heterocycles. The Labute approximate surface area is 139 Å². The van der Waals surface area contributed by atoms with Gasteiger partial charge in [0.1, 0.15) is 0 Å². The predicted molar refractivity (Wildman–Crippen MR) is 87.8 cm³/mol. The Hall–Kier alpha value is -2.21. The Balaban J connectivity index is 1.82. The van der Waals surface area contributed by atoms with Crippen LogP contribution in [0.25, 0.3) is 0 Å². The summed E-state index contributed by atoms with van der Waals surface area (Å²) in [6.07, 6.45) is 0.647. The van der Waals surface area contributed by atoms with Gasteiger partial charge in [0.25, 0.3) is 0 Å². The number of benzene rings is 1. The SMILES string of the molecule is CCOC(=O)c1csc(C(C)CCOC(=O)c2ccccc2)n1. The zero-order valence-electron chi connectivity index (χ0n) is 13.2. The van der Waals surface area contributed by atoms with Crippen molar-refractivity contribution in [3.05, 3.63) is 52.0 Å². The van der Waals surface area contributed by atoms with Gasteiger partial charge in [-0.25, -0.2) is 14.6 Å². The van der Waals surface area contributed by atoms with E-state index < -0.39 is 5.97 Å². The second-order valence-electron chi connectivity index (χ2n) is 4.98. The topological polar surface area (TPSA) is 65.5 Å². The first kappa shape index (κ1) is 17.1. The zero-order valence-corrected chi connectivity index (χ0v) is 14.0. The number of rotatable bonds is 7. The number of thiazole rings is 1. The summed E-state index contributed by atoms with van der Waals surface area (Å²) < 4.78 is 10.2. The molecule has 1 unspecified atom stereocenters. The van der Waals surface area contributed by atoms with Gasteiger partial charge in [-0.3, -0.25) is 0 Å². The van der Waals surface area contributed by atoms with Crippen LogP contribution in [0.15, 0.2) is 35.7 Å². The molecule has 0 aliphatic rings. The van der Waals surface area contributed by atoms with E-state index in [0.29, 0.717) is 30.9 Å². The average Bonchev–Trinajstić information content (AvgIpc) is 3.06. The highest BCUT2D eigenvalue weighted by Crippen LogP contribution is 2.23. The Morgan fingerprint density at radius 2 is 1.91 bits per heavy atom. The number of aromatic nitrogens is 1. The van der Waals surface area contributed by atoms with Crippen LogP contribution in [-0.4, -0.2) is 30.1 Å². The van der Waals surface area contributed by atoms with Crippen LogP contribution < -0.4 is 0 Å². The molecule has 0 saturated heterocycles. The van der Waals surface area contributed by atoms with Crippen molar-refractivity contribution in [1.29, 1.82) is 0 Å². The van der Waals surface area contributed by atoms with Crippen molar-refractivity contribution in [3.63, 3.8) is 0 Å². The second-order valence-corrected chi connectivity index (χ2v) is 5.87. The van der Waals surface area contributed by atoms with Crippen LogP contribution in [0.1, 0.15) is 52.0 Å². The second kappa shape index (κ2) is 8.43. The number of ether oxygens (including phenoxy) is 2. The van der Waals surface area contributed by atoms with E-state index in [9.17, 15) is 9.59 Å². The van der Waals surface area contributed by atoms with Crippen LogP contribution in [0.4, 0.5) is 0 Å². The first-order chi connectivity index (χ1) is 11.1. The molecule has 0 bridgehead atoms. The fourth-order valence-corrected chi connectivity index (χ4v) is 2.80. The van der Waals surface area contributed by atoms with Gasteiger partial charge in [-0.2, -0.15) is 0 Å². The quantitative estimate of drug-likeness (QED) is 0.723. The molecular weight excluding hydrogens is 314 g/mol. The van der Waals surface area contributed by atoms with E-state index in [0.717, 1.165) is 5.01 Å². The first-order valence-corrected chi connectivity index (χ1v) is 8.34. The van der Waals surface area contributed by atoms with E-state index in [1.165, 1.54) is 11.3 Å². The third-order valence-corrected chi connectivity index (χ3v) is 4.30. The lowest BCUT2D eigenvalue weighted by molar-refractivity contribution is 0.0493. The summed E-state index contributed by atoms with van der Waals surface area (Å²) in [7, 11) is 0. The van der Waals surface area contributed by atoms with Crippen LogP contribution in [0.2, 0.25) is 0 Å². The summed E-state index contributed by atoms with van der Waals surface area (Å²) in [6.45, 7) is 4.39. The summed E-state index contributed by atoms with van der Waals surface area (Å²) in [4.78, 5) is 27.7. The Kier molecular flexibility index (Phi) is 6.29. The number of hydrogen-bond acceptors (Lipinski definition) is 6. The van der Waals surface area contributed by atoms with Crippen molar-refractivity contribution in [1.82, 2.24) is 4.98 Å². The highest BCUT2D eigenvalue weighted by atomic mass is 32.1. The molecule has 0 saturated carbocycles. The zero-order chi connectivity index (χ0) is 16.7. The maximum atomic E-state index is 11.8. The third-order valence-electron chi connectivity index (χ3n) is 3.22. The van der Waals surface area contributed by atoms with Gasteiger partial charge in [0.2, 0.25) is 0 Å². The number of carbonyl (C=O) groups excluding carboxylic acids is 2. The summed E-state index contributed by atoms with van der Waals surface area (Å²) in [5, 5.41) is 2.53. The lowest BCUT2D eigenvalue weighted by Gasteiger charge is -2.09. The van der Waals surface area contributed by atoms with E-state index in [4.69, 9.17) is 9.47 Å². The van der Waals surface area contributed by atoms with E-state index in [2.05, 4.69) is 4.98 Å². The first-order valence-electron chi connectivity index (χ1n) is 7.46. The standard InChI is InChI=1S/C17H19NO4S/c1-3-21-17(20)14-11-23-15(18-14)12(2)9-10-22-16(19)13-7-5-4-6-8-13/h4-8,11-12H,3,9-10H2,1-2H3. The van der Waals surface area contributed by atoms with Crippen LogP contribution in [0.5, 0.6) is 0 Å². The summed E-state index contributed by atoms with van der Waals surface area (Å²) in [5.41, 5.74) is 0.874. The number of hydrogen-bond donors (Lipinski definition) is 0. The van der Waals surface area contributed by atoms with Gasteiger partial charge in [0.15, 0.2) is 5.69 Å². The molecule has 0 N–H and O–H groups in total. The monoisotopic (exact) mass is 333 g/mol. The van der Waals surface area contributed by atoms with E-state index in [1.807, 2.05) is 13.0 Å². The molecule has 1 atom stereocenters. The van der Waals surface area contributed by atoms with Crippen LogP contribution in [-0.2, 0) is 9.47 Å². The molecular formula is C17H19NO4S. The fraction of sp³-hybridized carbons (Fsp3) is 0.353. The van der Waals surface area contributed by atoms with Gasteiger partial charge in [-0.05, 0) is 25.5 Å². The van der Waals surface area contributed by atoms with Gasteiger partial charge in [-0.1, -0.05) is 25.1 Å². The molecule has 1 aromatic heterocycles. The minimum atomic E-state index is -0.405. The summed E-state index contributed by atoms with van der Waals surface area (Å²) in [5.74, 6) is -0.631. The van der Waals surface area contributed by atoms with Gasteiger partial charge in [0.05, 0.1) is 23.8 Å². The molecule has 1 heterocycles. The molecule has 0 fully saturated rings. The largest absolute Gasteiger partial charge is 0.462 e. The Bertz CT molecular complexity index is 654. The van der Waals surface area contributed by atoms with Gasteiger partial charge >= 0.3 is 11.9 Å². The van der Waals surface area contributed by atoms with Crippen molar-refractivity contribution in [2.45, 2.75) is 26.2 Å². The third kappa shape index (κ3) is 4.89. The van der Waals surface area contributed by atoms with Crippen molar-refractivity contribution < 1.29 is 19.1 Å². The maximum absolute atomic E-state index is 11.8. The van der Waals surface area contributed by atoms with Crippen molar-refractivity contribution in [2.75, 3.05) is 13.2 Å². The molecule has 2 rings (SSSR count). The maximum Gasteiger partial charge on any atom is 0.357 e. The highest BCUT2D eigenvalue weighted by Gasteiger charge is 2.16. The van der Waals surface area contributed by atoms with E-state index >= 15 is 0 Å². The lowest BCUT2D eigenvalue weighted by atomic mass is 10.1. The van der Waals surface area contributed by atoms with E-state index in [1.54, 1.807) is 36.6 Å². The molecule has 122 valence electrons. The van der Waals surface area contributed by atoms with Gasteiger partial charge in [0, 0.05) is 11.3 Å². The van der Waals surface area contributed by atoms with Crippen molar-refractivity contribution >= 4 is 23.3 Å². The minimum Gasteiger partial charge on any atom is -0.462 e. The number of esters is 2. The highest BCUT2D eigenvalue weighted by molar-refractivity contribution is 7.09. The van der Waals surface area contributed by atoms with Crippen LogP contribution in [0.3, 0.4) is 0 Å².